The summed E-state index contributed by atoms with van der Waals surface area (Å²) in [6, 6.07) is 13.7. The van der Waals surface area contributed by atoms with E-state index in [1.807, 2.05) is 12.1 Å². The zero-order valence-electron chi connectivity index (χ0n) is 15.9. The minimum Gasteiger partial charge on any atom is -0.316 e. The first-order valence-corrected chi connectivity index (χ1v) is 10.0. The van der Waals surface area contributed by atoms with Crippen LogP contribution in [0.4, 0.5) is 11.4 Å². The van der Waals surface area contributed by atoms with Crippen molar-refractivity contribution in [2.45, 2.75) is 44.4 Å². The van der Waals surface area contributed by atoms with Crippen LogP contribution < -0.4 is 9.62 Å². The lowest BCUT2D eigenvalue weighted by atomic mass is 9.82. The number of rotatable bonds is 6. The molecule has 0 spiro atoms. The summed E-state index contributed by atoms with van der Waals surface area (Å²) in [6.45, 7) is 7.85. The van der Waals surface area contributed by atoms with Crippen LogP contribution in [0.25, 0.3) is 0 Å². The molecule has 1 N–H and O–H groups in total. The van der Waals surface area contributed by atoms with E-state index in [1.165, 1.54) is 11.8 Å². The normalized spacial score (nSPS) is 11.9. The predicted octanol–water partition coefficient (Wildman–Crippen LogP) is 4.16. The molecule has 0 saturated heterocycles. The van der Waals surface area contributed by atoms with Gasteiger partial charge in [0, 0.05) is 25.3 Å². The summed E-state index contributed by atoms with van der Waals surface area (Å²) in [5.41, 5.74) is 2.26. The van der Waals surface area contributed by atoms with E-state index in [0.717, 1.165) is 12.0 Å². The molecule has 0 saturated carbocycles. The molecule has 0 aliphatic rings. The predicted molar refractivity (Wildman–Crippen MR) is 106 cm³/mol. The Morgan fingerprint density at radius 1 is 1.04 bits per heavy atom. The number of benzene rings is 2. The van der Waals surface area contributed by atoms with Gasteiger partial charge in [-0.15, -0.1) is 0 Å². The second kappa shape index (κ2) is 7.50. The standard InChI is InChI=1S/C20H26N2O3S/c1-6-20(3,4)16-7-13-19(14-8-16)26(24,25)21-17-9-11-18(12-10-17)22(5)15(2)23/h7-14,21H,6H2,1-5H3. The molecule has 6 heteroatoms. The Balaban J connectivity index is 2.19. The monoisotopic (exact) mass is 374 g/mol. The maximum absolute atomic E-state index is 12.6. The maximum atomic E-state index is 12.6. The third-order valence-corrected chi connectivity index (χ3v) is 6.21. The Morgan fingerprint density at radius 3 is 2.04 bits per heavy atom. The van der Waals surface area contributed by atoms with Gasteiger partial charge in [0.2, 0.25) is 5.91 Å². The first-order valence-electron chi connectivity index (χ1n) is 8.54. The number of hydrogen-bond donors (Lipinski definition) is 1. The number of sulfonamides is 1. The van der Waals surface area contributed by atoms with E-state index in [-0.39, 0.29) is 16.2 Å². The highest BCUT2D eigenvalue weighted by atomic mass is 32.2. The lowest BCUT2D eigenvalue weighted by Gasteiger charge is -2.23. The molecule has 2 aromatic rings. The molecule has 0 aromatic heterocycles. The topological polar surface area (TPSA) is 66.5 Å². The fourth-order valence-electron chi connectivity index (χ4n) is 2.44. The van der Waals surface area contributed by atoms with Gasteiger partial charge in [-0.3, -0.25) is 9.52 Å². The average Bonchev–Trinajstić information content (AvgIpc) is 2.61. The minimum atomic E-state index is -3.66. The number of amides is 1. The average molecular weight is 375 g/mol. The molecule has 0 aliphatic carbocycles. The molecule has 1 amide bonds. The molecule has 26 heavy (non-hydrogen) atoms. The smallest absolute Gasteiger partial charge is 0.261 e. The van der Waals surface area contributed by atoms with Gasteiger partial charge in [-0.25, -0.2) is 8.42 Å². The molecule has 2 rings (SSSR count). The first-order chi connectivity index (χ1) is 12.1. The van der Waals surface area contributed by atoms with Crippen LogP contribution in [-0.4, -0.2) is 21.4 Å². The van der Waals surface area contributed by atoms with Crippen LogP contribution in [0.1, 0.15) is 39.7 Å². The summed E-state index contributed by atoms with van der Waals surface area (Å²) in [4.78, 5) is 13.1. The van der Waals surface area contributed by atoms with Crippen LogP contribution in [0.3, 0.4) is 0 Å². The molecule has 0 radical (unpaired) electrons. The minimum absolute atomic E-state index is 0.00822. The van der Waals surface area contributed by atoms with Crippen molar-refractivity contribution >= 4 is 27.3 Å². The highest BCUT2D eigenvalue weighted by molar-refractivity contribution is 7.92. The molecular formula is C20H26N2O3S. The Kier molecular flexibility index (Phi) is 5.76. The number of nitrogens with one attached hydrogen (secondary N) is 1. The molecule has 0 heterocycles. The number of anilines is 2. The van der Waals surface area contributed by atoms with Gasteiger partial charge in [-0.2, -0.15) is 0 Å². The fraction of sp³-hybridized carbons (Fsp3) is 0.350. The fourth-order valence-corrected chi connectivity index (χ4v) is 3.50. The van der Waals surface area contributed by atoms with Gasteiger partial charge in [0.15, 0.2) is 0 Å². The van der Waals surface area contributed by atoms with E-state index in [9.17, 15) is 13.2 Å². The molecule has 2 aromatic carbocycles. The van der Waals surface area contributed by atoms with Crippen LogP contribution in [0, 0.1) is 0 Å². The second-order valence-corrected chi connectivity index (χ2v) is 8.67. The van der Waals surface area contributed by atoms with Crippen molar-refractivity contribution in [2.75, 3.05) is 16.7 Å². The molecular weight excluding hydrogens is 348 g/mol. The number of nitrogens with zero attached hydrogens (tertiary/aromatic N) is 1. The summed E-state index contributed by atoms with van der Waals surface area (Å²) in [5.74, 6) is -0.0894. The molecule has 0 fully saturated rings. The molecule has 0 unspecified atom stereocenters. The Bertz CT molecular complexity index is 870. The van der Waals surface area contributed by atoms with Gasteiger partial charge in [0.1, 0.15) is 0 Å². The summed E-state index contributed by atoms with van der Waals surface area (Å²) in [6.07, 6.45) is 0.971. The van der Waals surface area contributed by atoms with Crippen molar-refractivity contribution in [3.63, 3.8) is 0 Å². The molecule has 140 valence electrons. The van der Waals surface area contributed by atoms with Gasteiger partial charge < -0.3 is 4.90 Å². The Labute approximate surface area is 156 Å². The Hall–Kier alpha value is -2.34. The summed E-state index contributed by atoms with van der Waals surface area (Å²) < 4.78 is 27.7. The summed E-state index contributed by atoms with van der Waals surface area (Å²) in [7, 11) is -1.99. The highest BCUT2D eigenvalue weighted by Gasteiger charge is 2.20. The number of carbonyl (C=O) groups is 1. The lowest BCUT2D eigenvalue weighted by molar-refractivity contribution is -0.116. The van der Waals surface area contributed by atoms with Gasteiger partial charge >= 0.3 is 0 Å². The molecule has 0 atom stereocenters. The van der Waals surface area contributed by atoms with Crippen molar-refractivity contribution < 1.29 is 13.2 Å². The molecule has 0 bridgehead atoms. The van der Waals surface area contributed by atoms with Gasteiger partial charge in [0.05, 0.1) is 4.90 Å². The van der Waals surface area contributed by atoms with Crippen molar-refractivity contribution in [2.24, 2.45) is 0 Å². The van der Waals surface area contributed by atoms with E-state index in [1.54, 1.807) is 43.4 Å². The van der Waals surface area contributed by atoms with Gasteiger partial charge in [-0.05, 0) is 53.8 Å². The SMILES string of the molecule is CCC(C)(C)c1ccc(S(=O)(=O)Nc2ccc(N(C)C(C)=O)cc2)cc1. The van der Waals surface area contributed by atoms with Crippen LogP contribution in [0.2, 0.25) is 0 Å². The lowest BCUT2D eigenvalue weighted by Crippen LogP contribution is -2.22. The number of carbonyl (C=O) groups excluding carboxylic acids is 1. The van der Waals surface area contributed by atoms with Crippen molar-refractivity contribution in [1.29, 1.82) is 0 Å². The quantitative estimate of drug-likeness (QED) is 0.826. The molecule has 5 nitrogen and oxygen atoms in total. The first kappa shape index (κ1) is 20.0. The largest absolute Gasteiger partial charge is 0.316 e. The van der Waals surface area contributed by atoms with Crippen molar-refractivity contribution in [1.82, 2.24) is 0 Å². The van der Waals surface area contributed by atoms with Crippen LogP contribution >= 0.6 is 0 Å². The maximum Gasteiger partial charge on any atom is 0.261 e. The second-order valence-electron chi connectivity index (χ2n) is 6.99. The number of hydrogen-bond acceptors (Lipinski definition) is 3. The van der Waals surface area contributed by atoms with E-state index >= 15 is 0 Å². The van der Waals surface area contributed by atoms with Crippen LogP contribution in [-0.2, 0) is 20.2 Å². The van der Waals surface area contributed by atoms with E-state index in [0.29, 0.717) is 11.4 Å². The van der Waals surface area contributed by atoms with Gasteiger partial charge in [-0.1, -0.05) is 32.9 Å². The summed E-state index contributed by atoms with van der Waals surface area (Å²) in [5, 5.41) is 0. The third-order valence-electron chi connectivity index (χ3n) is 4.81. The summed E-state index contributed by atoms with van der Waals surface area (Å²) >= 11 is 0. The van der Waals surface area contributed by atoms with Gasteiger partial charge in [0.25, 0.3) is 10.0 Å². The van der Waals surface area contributed by atoms with Crippen LogP contribution in [0.15, 0.2) is 53.4 Å². The third kappa shape index (κ3) is 4.43. The van der Waals surface area contributed by atoms with E-state index in [2.05, 4.69) is 25.5 Å². The van der Waals surface area contributed by atoms with Crippen LogP contribution in [0.5, 0.6) is 0 Å². The Morgan fingerprint density at radius 2 is 1.58 bits per heavy atom. The van der Waals surface area contributed by atoms with Crippen molar-refractivity contribution in [3.05, 3.63) is 54.1 Å². The van der Waals surface area contributed by atoms with E-state index < -0.39 is 10.0 Å². The molecule has 0 aliphatic heterocycles. The highest BCUT2D eigenvalue weighted by Crippen LogP contribution is 2.28. The van der Waals surface area contributed by atoms with E-state index in [4.69, 9.17) is 0 Å². The zero-order chi connectivity index (χ0) is 19.5. The zero-order valence-corrected chi connectivity index (χ0v) is 16.7. The van der Waals surface area contributed by atoms with Crippen molar-refractivity contribution in [3.8, 4) is 0 Å².